The minimum Gasteiger partial charge on any atom is -0.508 e. The number of carbonyl (C=O) groups excluding carboxylic acids is 2. The van der Waals surface area contributed by atoms with Crippen LogP contribution in [0.1, 0.15) is 54.6 Å². The number of aryl methyl sites for hydroxylation is 2. The molecule has 1 aliphatic rings. The zero-order chi connectivity index (χ0) is 26.4. The van der Waals surface area contributed by atoms with Crippen LogP contribution in [0.25, 0.3) is 5.76 Å². The number of aliphatic hydroxyl groups is 1. The number of ketones is 1. The van der Waals surface area contributed by atoms with Gasteiger partial charge in [-0.15, -0.1) is 0 Å². The van der Waals surface area contributed by atoms with Gasteiger partial charge in [0, 0.05) is 5.69 Å². The molecule has 4 rings (SSSR count). The minimum absolute atomic E-state index is 0.0340. The fourth-order valence-corrected chi connectivity index (χ4v) is 4.45. The Morgan fingerprint density at radius 3 is 2.17 bits per heavy atom. The number of phenols is 1. The predicted octanol–water partition coefficient (Wildman–Crippen LogP) is 5.94. The molecule has 0 saturated carbocycles. The number of methoxy groups -OCH3 is 1. The van der Waals surface area contributed by atoms with Crippen LogP contribution < -0.4 is 9.64 Å². The molecule has 0 aromatic heterocycles. The quantitative estimate of drug-likeness (QED) is 0.271. The summed E-state index contributed by atoms with van der Waals surface area (Å²) < 4.78 is 5.52. The van der Waals surface area contributed by atoms with Crippen molar-refractivity contribution in [2.75, 3.05) is 12.0 Å². The van der Waals surface area contributed by atoms with Crippen molar-refractivity contribution in [2.24, 2.45) is 0 Å². The molecule has 0 spiro atoms. The highest BCUT2D eigenvalue weighted by Crippen LogP contribution is 2.44. The van der Waals surface area contributed by atoms with Gasteiger partial charge < -0.3 is 14.9 Å². The summed E-state index contributed by atoms with van der Waals surface area (Å²) in [5, 5.41) is 21.5. The van der Waals surface area contributed by atoms with E-state index < -0.39 is 17.7 Å². The molecule has 0 bridgehead atoms. The fraction of sp³-hybridized carbons (Fsp3) is 0.267. The number of Topliss-reactive ketones (excluding diaryl/α,β-unsaturated/α-hetero) is 1. The molecule has 3 aromatic rings. The van der Waals surface area contributed by atoms with Crippen molar-refractivity contribution in [2.45, 2.75) is 46.1 Å². The smallest absolute Gasteiger partial charge is 0.300 e. The molecule has 6 nitrogen and oxygen atoms in total. The van der Waals surface area contributed by atoms with Crippen molar-refractivity contribution in [1.29, 1.82) is 0 Å². The number of ether oxygens (including phenoxy) is 1. The van der Waals surface area contributed by atoms with Gasteiger partial charge in [-0.25, -0.2) is 0 Å². The normalized spacial score (nSPS) is 17.5. The minimum atomic E-state index is -0.893. The highest BCUT2D eigenvalue weighted by Gasteiger charge is 2.47. The molecule has 3 aromatic carbocycles. The number of phenolic OH excluding ortho intramolecular Hbond substituents is 1. The van der Waals surface area contributed by atoms with Gasteiger partial charge in [0.2, 0.25) is 0 Å². The first-order chi connectivity index (χ1) is 16.9. The van der Waals surface area contributed by atoms with Crippen LogP contribution in [-0.2, 0) is 15.0 Å². The van der Waals surface area contributed by atoms with Gasteiger partial charge in [0.05, 0.1) is 24.3 Å². The number of aliphatic hydroxyl groups excluding tert-OH is 1. The van der Waals surface area contributed by atoms with E-state index in [-0.39, 0.29) is 22.5 Å². The second kappa shape index (κ2) is 9.19. The third-order valence-electron chi connectivity index (χ3n) is 6.74. The van der Waals surface area contributed by atoms with E-state index >= 15 is 0 Å². The Morgan fingerprint density at radius 1 is 0.917 bits per heavy atom. The van der Waals surface area contributed by atoms with Crippen molar-refractivity contribution in [3.63, 3.8) is 0 Å². The Labute approximate surface area is 211 Å². The van der Waals surface area contributed by atoms with E-state index in [1.807, 2.05) is 52.8 Å². The van der Waals surface area contributed by atoms with E-state index in [2.05, 4.69) is 0 Å². The van der Waals surface area contributed by atoms with Gasteiger partial charge in [-0.2, -0.15) is 0 Å². The summed E-state index contributed by atoms with van der Waals surface area (Å²) in [7, 11) is 1.49. The lowest BCUT2D eigenvalue weighted by Gasteiger charge is -2.26. The molecule has 2 N–H and O–H groups in total. The van der Waals surface area contributed by atoms with E-state index in [0.29, 0.717) is 22.6 Å². The van der Waals surface area contributed by atoms with Crippen molar-refractivity contribution in [3.8, 4) is 11.5 Å². The Balaban J connectivity index is 2.00. The molecular weight excluding hydrogens is 454 g/mol. The lowest BCUT2D eigenvalue weighted by Crippen LogP contribution is -2.29. The van der Waals surface area contributed by atoms with Crippen molar-refractivity contribution in [3.05, 3.63) is 94.1 Å². The van der Waals surface area contributed by atoms with Gasteiger partial charge in [-0.3, -0.25) is 14.5 Å². The van der Waals surface area contributed by atoms with Crippen LogP contribution in [0.2, 0.25) is 0 Å². The summed E-state index contributed by atoms with van der Waals surface area (Å²) in [6.45, 7) is 10.1. The number of carbonyl (C=O) groups is 2. The molecule has 186 valence electrons. The highest BCUT2D eigenvalue weighted by atomic mass is 16.5. The zero-order valence-electron chi connectivity index (χ0n) is 21.4. The van der Waals surface area contributed by atoms with E-state index in [0.717, 1.165) is 16.7 Å². The van der Waals surface area contributed by atoms with Crippen molar-refractivity contribution >= 4 is 23.1 Å². The number of amides is 1. The molecule has 1 saturated heterocycles. The Hall–Kier alpha value is -4.06. The number of hydrogen-bond donors (Lipinski definition) is 2. The van der Waals surface area contributed by atoms with Crippen LogP contribution in [0, 0.1) is 13.8 Å². The first kappa shape index (κ1) is 25.0. The molecule has 1 fully saturated rings. The summed E-state index contributed by atoms with van der Waals surface area (Å²) in [4.78, 5) is 28.3. The Bertz CT molecular complexity index is 1380. The number of benzene rings is 3. The average molecular weight is 486 g/mol. The summed E-state index contributed by atoms with van der Waals surface area (Å²) in [6, 6.07) is 16.4. The zero-order valence-corrected chi connectivity index (χ0v) is 21.4. The van der Waals surface area contributed by atoms with Gasteiger partial charge in [0.15, 0.2) is 0 Å². The summed E-state index contributed by atoms with van der Waals surface area (Å²) in [5.74, 6) is -1.37. The largest absolute Gasteiger partial charge is 0.508 e. The molecule has 1 amide bonds. The van der Waals surface area contributed by atoms with Gasteiger partial charge in [0.1, 0.15) is 17.3 Å². The molecule has 1 aliphatic heterocycles. The lowest BCUT2D eigenvalue weighted by molar-refractivity contribution is -0.132. The van der Waals surface area contributed by atoms with Gasteiger partial charge in [0.25, 0.3) is 11.7 Å². The lowest BCUT2D eigenvalue weighted by atomic mass is 9.85. The second-order valence-electron chi connectivity index (χ2n) is 10.2. The highest BCUT2D eigenvalue weighted by molar-refractivity contribution is 6.51. The third-order valence-corrected chi connectivity index (χ3v) is 6.74. The maximum atomic E-state index is 13.5. The monoisotopic (exact) mass is 485 g/mol. The molecule has 0 radical (unpaired) electrons. The second-order valence-corrected chi connectivity index (χ2v) is 10.2. The standard InChI is InChI=1S/C30H31NO5/c1-17-7-11-21(15-18(17)2)31-26(19-8-12-22(32)13-9-19)25(28(34)29(31)35)27(33)23-16-20(30(3,4)5)10-14-24(23)36-6/h7-16,26,32-33H,1-6H3/b27-25+. The average Bonchev–Trinajstić information content (AvgIpc) is 3.10. The van der Waals surface area contributed by atoms with Crippen LogP contribution in [0.15, 0.2) is 66.2 Å². The van der Waals surface area contributed by atoms with E-state index in [1.165, 1.54) is 24.1 Å². The van der Waals surface area contributed by atoms with E-state index in [4.69, 9.17) is 4.74 Å². The topological polar surface area (TPSA) is 87.1 Å². The molecule has 0 aliphatic carbocycles. The predicted molar refractivity (Wildman–Crippen MR) is 140 cm³/mol. The molecule has 1 unspecified atom stereocenters. The Morgan fingerprint density at radius 2 is 1.58 bits per heavy atom. The first-order valence-electron chi connectivity index (χ1n) is 11.8. The van der Waals surface area contributed by atoms with Crippen LogP contribution in [-0.4, -0.2) is 29.0 Å². The molecule has 6 heteroatoms. The number of anilines is 1. The van der Waals surface area contributed by atoms with E-state index in [1.54, 1.807) is 30.3 Å². The third kappa shape index (κ3) is 4.35. The summed E-state index contributed by atoms with van der Waals surface area (Å²) in [6.07, 6.45) is 0. The van der Waals surface area contributed by atoms with Gasteiger partial charge in [-0.05, 0) is 77.9 Å². The molecule has 1 heterocycles. The molecular formula is C30H31NO5. The van der Waals surface area contributed by atoms with Gasteiger partial charge in [-0.1, -0.05) is 45.0 Å². The maximum absolute atomic E-state index is 13.5. The van der Waals surface area contributed by atoms with Crippen molar-refractivity contribution < 1.29 is 24.5 Å². The van der Waals surface area contributed by atoms with Crippen molar-refractivity contribution in [1.82, 2.24) is 0 Å². The maximum Gasteiger partial charge on any atom is 0.300 e. The van der Waals surface area contributed by atoms with Crippen LogP contribution in [0.5, 0.6) is 11.5 Å². The van der Waals surface area contributed by atoms with Crippen LogP contribution in [0.4, 0.5) is 5.69 Å². The molecule has 36 heavy (non-hydrogen) atoms. The Kier molecular flexibility index (Phi) is 6.39. The van der Waals surface area contributed by atoms with Gasteiger partial charge >= 0.3 is 0 Å². The SMILES string of the molecule is COc1ccc(C(C)(C)C)cc1/C(O)=C1\C(=O)C(=O)N(c2ccc(C)c(C)c2)C1c1ccc(O)cc1. The van der Waals surface area contributed by atoms with E-state index in [9.17, 15) is 19.8 Å². The van der Waals surface area contributed by atoms with Crippen LogP contribution in [0.3, 0.4) is 0 Å². The first-order valence-corrected chi connectivity index (χ1v) is 11.8. The molecule has 1 atom stereocenters. The fourth-order valence-electron chi connectivity index (χ4n) is 4.45. The number of aromatic hydroxyl groups is 1. The summed E-state index contributed by atoms with van der Waals surface area (Å²) in [5.41, 5.74) is 4.18. The number of hydrogen-bond acceptors (Lipinski definition) is 5. The number of rotatable bonds is 4. The summed E-state index contributed by atoms with van der Waals surface area (Å²) >= 11 is 0. The van der Waals surface area contributed by atoms with Crippen LogP contribution >= 0.6 is 0 Å². The number of nitrogens with zero attached hydrogens (tertiary/aromatic N) is 1.